The number of fused-ring (bicyclic) bond motifs is 3. The SMILES string of the molecule is O=C(N[C@@H]1CCOc2ccccc21)C1c2ccccc2Oc2ccccc21. The van der Waals surface area contributed by atoms with Crippen LogP contribution in [0.25, 0.3) is 0 Å². The summed E-state index contributed by atoms with van der Waals surface area (Å²) in [6.45, 7) is 0.600. The molecule has 2 aliphatic heterocycles. The quantitative estimate of drug-likeness (QED) is 0.731. The molecule has 1 amide bonds. The van der Waals surface area contributed by atoms with E-state index in [2.05, 4.69) is 5.32 Å². The highest BCUT2D eigenvalue weighted by Crippen LogP contribution is 2.44. The van der Waals surface area contributed by atoms with Crippen LogP contribution in [0.5, 0.6) is 17.2 Å². The van der Waals surface area contributed by atoms with Crippen LogP contribution in [0, 0.1) is 0 Å². The van der Waals surface area contributed by atoms with Crippen LogP contribution in [-0.2, 0) is 4.79 Å². The van der Waals surface area contributed by atoms with Gasteiger partial charge in [-0.25, -0.2) is 0 Å². The predicted octanol–water partition coefficient (Wildman–Crippen LogP) is 4.56. The fourth-order valence-corrected chi connectivity index (χ4v) is 3.94. The van der Waals surface area contributed by atoms with Gasteiger partial charge in [0.25, 0.3) is 0 Å². The molecule has 0 fully saturated rings. The second-order valence-electron chi connectivity index (χ2n) is 6.85. The number of hydrogen-bond acceptors (Lipinski definition) is 3. The Kier molecular flexibility index (Phi) is 3.82. The lowest BCUT2D eigenvalue weighted by atomic mass is 9.86. The third kappa shape index (κ3) is 2.74. The Balaban J connectivity index is 1.51. The minimum atomic E-state index is -0.388. The first kappa shape index (κ1) is 15.9. The van der Waals surface area contributed by atoms with E-state index in [4.69, 9.17) is 9.47 Å². The lowest BCUT2D eigenvalue weighted by Gasteiger charge is -2.31. The van der Waals surface area contributed by atoms with Crippen LogP contribution in [0.3, 0.4) is 0 Å². The molecule has 1 atom stereocenters. The Morgan fingerprint density at radius 2 is 1.33 bits per heavy atom. The van der Waals surface area contributed by atoms with Gasteiger partial charge in [-0.2, -0.15) is 0 Å². The number of amides is 1. The molecule has 0 aliphatic carbocycles. The monoisotopic (exact) mass is 357 g/mol. The van der Waals surface area contributed by atoms with Gasteiger partial charge < -0.3 is 14.8 Å². The van der Waals surface area contributed by atoms with Crippen LogP contribution >= 0.6 is 0 Å². The van der Waals surface area contributed by atoms with Crippen LogP contribution in [0.4, 0.5) is 0 Å². The Morgan fingerprint density at radius 3 is 2.00 bits per heavy atom. The molecule has 0 spiro atoms. The van der Waals surface area contributed by atoms with Gasteiger partial charge in [-0.3, -0.25) is 4.79 Å². The maximum absolute atomic E-state index is 13.4. The molecule has 4 nitrogen and oxygen atoms in total. The van der Waals surface area contributed by atoms with Crippen molar-refractivity contribution in [3.63, 3.8) is 0 Å². The second kappa shape index (κ2) is 6.47. The van der Waals surface area contributed by atoms with Gasteiger partial charge in [-0.15, -0.1) is 0 Å². The summed E-state index contributed by atoms with van der Waals surface area (Å²) < 4.78 is 11.7. The summed E-state index contributed by atoms with van der Waals surface area (Å²) in [5.41, 5.74) is 2.83. The van der Waals surface area contributed by atoms with Crippen LogP contribution in [-0.4, -0.2) is 12.5 Å². The van der Waals surface area contributed by atoms with E-state index < -0.39 is 0 Å². The molecular formula is C23H19NO3. The third-order valence-corrected chi connectivity index (χ3v) is 5.22. The molecule has 5 rings (SSSR count). The number of para-hydroxylation sites is 3. The normalized spacial score (nSPS) is 17.6. The fourth-order valence-electron chi connectivity index (χ4n) is 3.94. The van der Waals surface area contributed by atoms with Crippen molar-refractivity contribution in [2.45, 2.75) is 18.4 Å². The number of rotatable bonds is 2. The predicted molar refractivity (Wildman–Crippen MR) is 102 cm³/mol. The highest BCUT2D eigenvalue weighted by atomic mass is 16.5. The minimum Gasteiger partial charge on any atom is -0.493 e. The lowest BCUT2D eigenvalue weighted by Crippen LogP contribution is -2.36. The molecule has 3 aromatic rings. The Labute approximate surface area is 157 Å². The molecule has 0 bridgehead atoms. The van der Waals surface area contributed by atoms with Gasteiger partial charge >= 0.3 is 0 Å². The first-order valence-corrected chi connectivity index (χ1v) is 9.19. The molecule has 1 N–H and O–H groups in total. The van der Waals surface area contributed by atoms with Crippen LogP contribution in [0.15, 0.2) is 72.8 Å². The number of nitrogens with one attached hydrogen (secondary N) is 1. The molecule has 3 aromatic carbocycles. The third-order valence-electron chi connectivity index (χ3n) is 5.22. The summed E-state index contributed by atoms with van der Waals surface area (Å²) >= 11 is 0. The van der Waals surface area contributed by atoms with E-state index in [9.17, 15) is 4.79 Å². The Hall–Kier alpha value is -3.27. The van der Waals surface area contributed by atoms with Gasteiger partial charge in [0, 0.05) is 23.1 Å². The zero-order valence-electron chi connectivity index (χ0n) is 14.7. The second-order valence-corrected chi connectivity index (χ2v) is 6.85. The fraction of sp³-hybridized carbons (Fsp3) is 0.174. The van der Waals surface area contributed by atoms with E-state index in [-0.39, 0.29) is 17.9 Å². The van der Waals surface area contributed by atoms with Crippen molar-refractivity contribution >= 4 is 5.91 Å². The van der Waals surface area contributed by atoms with Crippen LogP contribution in [0.1, 0.15) is 35.1 Å². The standard InChI is InChI=1S/C23H19NO3/c25-23(24-18-13-14-26-19-10-4-1-7-15(18)19)22-16-8-2-5-11-20(16)27-21-12-6-3-9-17(21)22/h1-12,18,22H,13-14H2,(H,24,25)/t18-/m1/s1. The maximum Gasteiger partial charge on any atom is 0.232 e. The van der Waals surface area contributed by atoms with Gasteiger partial charge in [-0.05, 0) is 18.2 Å². The molecule has 0 aromatic heterocycles. The molecular weight excluding hydrogens is 338 g/mol. The Morgan fingerprint density at radius 1 is 0.778 bits per heavy atom. The van der Waals surface area contributed by atoms with Crippen LogP contribution in [0.2, 0.25) is 0 Å². The topological polar surface area (TPSA) is 47.6 Å². The molecule has 0 radical (unpaired) electrons. The van der Waals surface area contributed by atoms with E-state index in [0.29, 0.717) is 6.61 Å². The van der Waals surface area contributed by atoms with Crippen molar-refractivity contribution in [3.8, 4) is 17.2 Å². The highest BCUT2D eigenvalue weighted by Gasteiger charge is 2.34. The van der Waals surface area contributed by atoms with E-state index in [1.807, 2.05) is 72.8 Å². The summed E-state index contributed by atoms with van der Waals surface area (Å²) in [6, 6.07) is 23.3. The van der Waals surface area contributed by atoms with Crippen LogP contribution < -0.4 is 14.8 Å². The van der Waals surface area contributed by atoms with Gasteiger partial charge in [0.2, 0.25) is 5.91 Å². The zero-order valence-corrected chi connectivity index (χ0v) is 14.7. The van der Waals surface area contributed by atoms with E-state index in [1.54, 1.807) is 0 Å². The average molecular weight is 357 g/mol. The van der Waals surface area contributed by atoms with Gasteiger partial charge in [0.15, 0.2) is 0 Å². The van der Waals surface area contributed by atoms with Crippen molar-refractivity contribution in [2.24, 2.45) is 0 Å². The minimum absolute atomic E-state index is 0.0140. The molecule has 0 saturated heterocycles. The largest absolute Gasteiger partial charge is 0.493 e. The molecule has 0 saturated carbocycles. The van der Waals surface area contributed by atoms with Gasteiger partial charge in [0.05, 0.1) is 18.6 Å². The molecule has 27 heavy (non-hydrogen) atoms. The summed E-state index contributed by atoms with van der Waals surface area (Å²) in [4.78, 5) is 13.4. The van der Waals surface area contributed by atoms with Gasteiger partial charge in [-0.1, -0.05) is 54.6 Å². The zero-order chi connectivity index (χ0) is 18.2. The average Bonchev–Trinajstić information content (AvgIpc) is 2.72. The van der Waals surface area contributed by atoms with E-state index >= 15 is 0 Å². The summed E-state index contributed by atoms with van der Waals surface area (Å²) in [7, 11) is 0. The Bertz CT molecular complexity index is 968. The molecule has 2 aliphatic rings. The lowest BCUT2D eigenvalue weighted by molar-refractivity contribution is -0.122. The first-order chi connectivity index (χ1) is 13.3. The molecule has 2 heterocycles. The summed E-state index contributed by atoms with van der Waals surface area (Å²) in [6.07, 6.45) is 0.759. The van der Waals surface area contributed by atoms with Crippen molar-refractivity contribution < 1.29 is 14.3 Å². The highest BCUT2D eigenvalue weighted by molar-refractivity contribution is 5.90. The first-order valence-electron chi connectivity index (χ1n) is 9.19. The van der Waals surface area contributed by atoms with E-state index in [1.165, 1.54) is 0 Å². The maximum atomic E-state index is 13.4. The number of ether oxygens (including phenoxy) is 2. The van der Waals surface area contributed by atoms with Crippen molar-refractivity contribution in [3.05, 3.63) is 89.5 Å². The summed E-state index contributed by atoms with van der Waals surface area (Å²) in [5, 5.41) is 3.25. The van der Waals surface area contributed by atoms with E-state index in [0.717, 1.165) is 40.4 Å². The number of benzene rings is 3. The van der Waals surface area contributed by atoms with Crippen molar-refractivity contribution in [2.75, 3.05) is 6.61 Å². The number of carbonyl (C=O) groups is 1. The van der Waals surface area contributed by atoms with Crippen molar-refractivity contribution in [1.29, 1.82) is 0 Å². The van der Waals surface area contributed by atoms with Crippen molar-refractivity contribution in [1.82, 2.24) is 5.32 Å². The molecule has 134 valence electrons. The number of hydrogen-bond donors (Lipinski definition) is 1. The smallest absolute Gasteiger partial charge is 0.232 e. The molecule has 4 heteroatoms. The molecule has 0 unspecified atom stereocenters. The van der Waals surface area contributed by atoms with Gasteiger partial charge in [0.1, 0.15) is 17.2 Å². The summed E-state index contributed by atoms with van der Waals surface area (Å²) in [5.74, 6) is 1.93. The number of carbonyl (C=O) groups excluding carboxylic acids is 1.